The predicted molar refractivity (Wildman–Crippen MR) is 56.6 cm³/mol. The highest BCUT2D eigenvalue weighted by Gasteiger charge is 2.33. The monoisotopic (exact) mass is 192 g/mol. The van der Waals surface area contributed by atoms with Crippen molar-refractivity contribution >= 4 is 11.5 Å². The van der Waals surface area contributed by atoms with Gasteiger partial charge in [-0.1, -0.05) is 0 Å². The minimum absolute atomic E-state index is 0.631. The Hall–Kier alpha value is -1.19. The van der Waals surface area contributed by atoms with E-state index in [0.717, 1.165) is 29.7 Å². The van der Waals surface area contributed by atoms with Gasteiger partial charge in [-0.2, -0.15) is 5.10 Å². The molecule has 4 nitrogen and oxygen atoms in total. The van der Waals surface area contributed by atoms with E-state index in [1.54, 1.807) is 0 Å². The molecule has 1 aliphatic carbocycles. The molecule has 14 heavy (non-hydrogen) atoms. The van der Waals surface area contributed by atoms with E-state index in [0.29, 0.717) is 6.04 Å². The van der Waals surface area contributed by atoms with E-state index in [1.807, 2.05) is 0 Å². The van der Waals surface area contributed by atoms with E-state index >= 15 is 0 Å². The molecule has 2 heterocycles. The summed E-state index contributed by atoms with van der Waals surface area (Å²) in [4.78, 5) is 0. The molecule has 0 amide bonds. The second kappa shape index (κ2) is 2.90. The van der Waals surface area contributed by atoms with Gasteiger partial charge in [0.05, 0.1) is 11.4 Å². The number of nitrogens with one attached hydrogen (secondary N) is 3. The molecular formula is C10H16N4. The largest absolute Gasteiger partial charge is 0.380 e. The molecule has 2 aliphatic rings. The Morgan fingerprint density at radius 2 is 2.14 bits per heavy atom. The zero-order chi connectivity index (χ0) is 9.54. The fourth-order valence-corrected chi connectivity index (χ4v) is 2.20. The van der Waals surface area contributed by atoms with Crippen LogP contribution < -0.4 is 10.6 Å². The van der Waals surface area contributed by atoms with E-state index in [2.05, 4.69) is 27.8 Å². The molecule has 1 aromatic rings. The predicted octanol–water partition coefficient (Wildman–Crippen LogP) is 1.72. The van der Waals surface area contributed by atoms with Crippen LogP contribution in [0, 0.1) is 12.8 Å². The Labute approximate surface area is 83.5 Å². The number of hydrogen-bond acceptors (Lipinski definition) is 3. The molecule has 3 rings (SSSR count). The number of rotatable bonds is 1. The number of aromatic nitrogens is 2. The summed E-state index contributed by atoms with van der Waals surface area (Å²) in [5, 5.41) is 14.3. The van der Waals surface area contributed by atoms with E-state index in [1.165, 1.54) is 19.3 Å². The fourth-order valence-electron chi connectivity index (χ4n) is 2.20. The number of anilines is 2. The van der Waals surface area contributed by atoms with E-state index < -0.39 is 0 Å². The van der Waals surface area contributed by atoms with Crippen LogP contribution in [0.1, 0.15) is 25.0 Å². The quantitative estimate of drug-likeness (QED) is 0.635. The number of aromatic amines is 1. The van der Waals surface area contributed by atoms with Gasteiger partial charge < -0.3 is 10.6 Å². The lowest BCUT2D eigenvalue weighted by atomic mass is 10.1. The van der Waals surface area contributed by atoms with Crippen LogP contribution in [0.2, 0.25) is 0 Å². The summed E-state index contributed by atoms with van der Waals surface area (Å²) in [6, 6.07) is 0.631. The molecule has 1 aromatic heterocycles. The molecule has 0 saturated heterocycles. The highest BCUT2D eigenvalue weighted by Crippen LogP contribution is 2.38. The molecule has 0 aromatic carbocycles. The average Bonchev–Trinajstić information content (AvgIpc) is 2.98. The summed E-state index contributed by atoms with van der Waals surface area (Å²) in [6.07, 6.45) is 3.98. The van der Waals surface area contributed by atoms with Crippen molar-refractivity contribution in [3.63, 3.8) is 0 Å². The van der Waals surface area contributed by atoms with Crippen LogP contribution in [0.15, 0.2) is 0 Å². The molecule has 1 aliphatic heterocycles. The SMILES string of the molecule is Cc1[nH]nc2c1NCCC(C1CC1)N2. The molecule has 76 valence electrons. The molecule has 4 heteroatoms. The first-order chi connectivity index (χ1) is 6.84. The normalized spacial score (nSPS) is 25.9. The van der Waals surface area contributed by atoms with Crippen molar-refractivity contribution < 1.29 is 0 Å². The van der Waals surface area contributed by atoms with Gasteiger partial charge in [-0.15, -0.1) is 0 Å². The first-order valence-corrected chi connectivity index (χ1v) is 5.40. The number of hydrogen-bond donors (Lipinski definition) is 3. The number of nitrogens with zero attached hydrogens (tertiary/aromatic N) is 1. The summed E-state index contributed by atoms with van der Waals surface area (Å²) < 4.78 is 0. The van der Waals surface area contributed by atoms with Crippen molar-refractivity contribution in [2.24, 2.45) is 5.92 Å². The summed E-state index contributed by atoms with van der Waals surface area (Å²) in [5.74, 6) is 1.90. The molecule has 0 spiro atoms. The third kappa shape index (κ3) is 1.25. The smallest absolute Gasteiger partial charge is 0.171 e. The van der Waals surface area contributed by atoms with Crippen molar-refractivity contribution in [3.05, 3.63) is 5.69 Å². The Morgan fingerprint density at radius 3 is 2.93 bits per heavy atom. The van der Waals surface area contributed by atoms with Gasteiger partial charge in [-0.25, -0.2) is 0 Å². The van der Waals surface area contributed by atoms with Gasteiger partial charge >= 0.3 is 0 Å². The Bertz CT molecular complexity index is 340. The van der Waals surface area contributed by atoms with Crippen LogP contribution in [-0.2, 0) is 0 Å². The van der Waals surface area contributed by atoms with E-state index in [9.17, 15) is 0 Å². The zero-order valence-electron chi connectivity index (χ0n) is 8.43. The fraction of sp³-hybridized carbons (Fsp3) is 0.700. The highest BCUT2D eigenvalue weighted by molar-refractivity contribution is 5.68. The molecule has 0 radical (unpaired) electrons. The number of aryl methyl sites for hydroxylation is 1. The second-order valence-corrected chi connectivity index (χ2v) is 4.38. The number of fused-ring (bicyclic) bond motifs is 1. The standard InChI is InChI=1S/C10H16N4/c1-6-9-10(14-13-6)12-8(4-5-11-9)7-2-3-7/h7-8,11H,2-5H2,1H3,(H2,12,13,14). The maximum absolute atomic E-state index is 4.28. The van der Waals surface area contributed by atoms with Crippen molar-refractivity contribution in [1.82, 2.24) is 10.2 Å². The van der Waals surface area contributed by atoms with Gasteiger partial charge in [0.15, 0.2) is 5.82 Å². The Kier molecular flexibility index (Phi) is 1.69. The molecule has 0 bridgehead atoms. The van der Waals surface area contributed by atoms with Crippen LogP contribution in [0.5, 0.6) is 0 Å². The molecular weight excluding hydrogens is 176 g/mol. The summed E-state index contributed by atoms with van der Waals surface area (Å²) >= 11 is 0. The first-order valence-electron chi connectivity index (χ1n) is 5.40. The van der Waals surface area contributed by atoms with Gasteiger partial charge in [0.25, 0.3) is 0 Å². The first kappa shape index (κ1) is 8.15. The van der Waals surface area contributed by atoms with Crippen LogP contribution in [0.4, 0.5) is 11.5 Å². The van der Waals surface area contributed by atoms with Gasteiger partial charge in [-0.3, -0.25) is 5.10 Å². The second-order valence-electron chi connectivity index (χ2n) is 4.38. The lowest BCUT2D eigenvalue weighted by molar-refractivity contribution is 0.606. The van der Waals surface area contributed by atoms with Crippen LogP contribution in [0.25, 0.3) is 0 Å². The third-order valence-electron chi connectivity index (χ3n) is 3.22. The molecule has 1 saturated carbocycles. The minimum atomic E-state index is 0.631. The van der Waals surface area contributed by atoms with Crippen LogP contribution in [0.3, 0.4) is 0 Å². The Balaban J connectivity index is 1.86. The minimum Gasteiger partial charge on any atom is -0.380 e. The molecule has 3 N–H and O–H groups in total. The molecule has 1 atom stereocenters. The van der Waals surface area contributed by atoms with E-state index in [-0.39, 0.29) is 0 Å². The lowest BCUT2D eigenvalue weighted by Crippen LogP contribution is -2.22. The van der Waals surface area contributed by atoms with E-state index in [4.69, 9.17) is 0 Å². The van der Waals surface area contributed by atoms with Crippen LogP contribution in [-0.4, -0.2) is 22.8 Å². The van der Waals surface area contributed by atoms with Gasteiger partial charge in [-0.05, 0) is 32.1 Å². The maximum Gasteiger partial charge on any atom is 0.171 e. The molecule has 1 unspecified atom stereocenters. The summed E-state index contributed by atoms with van der Waals surface area (Å²) in [6.45, 7) is 3.11. The van der Waals surface area contributed by atoms with Crippen LogP contribution >= 0.6 is 0 Å². The zero-order valence-corrected chi connectivity index (χ0v) is 8.43. The van der Waals surface area contributed by atoms with Gasteiger partial charge in [0.2, 0.25) is 0 Å². The Morgan fingerprint density at radius 1 is 1.29 bits per heavy atom. The van der Waals surface area contributed by atoms with Crippen molar-refractivity contribution in [2.45, 2.75) is 32.2 Å². The van der Waals surface area contributed by atoms with Gasteiger partial charge in [0, 0.05) is 12.6 Å². The summed E-state index contributed by atoms with van der Waals surface area (Å²) in [5.41, 5.74) is 2.29. The topological polar surface area (TPSA) is 52.7 Å². The molecule has 1 fully saturated rings. The number of H-pyrrole nitrogens is 1. The lowest BCUT2D eigenvalue weighted by Gasteiger charge is -2.14. The highest BCUT2D eigenvalue weighted by atomic mass is 15.2. The van der Waals surface area contributed by atoms with Crippen molar-refractivity contribution in [2.75, 3.05) is 17.2 Å². The van der Waals surface area contributed by atoms with Gasteiger partial charge in [0.1, 0.15) is 0 Å². The maximum atomic E-state index is 4.28. The summed E-state index contributed by atoms with van der Waals surface area (Å²) in [7, 11) is 0. The van der Waals surface area contributed by atoms with Crippen molar-refractivity contribution in [3.8, 4) is 0 Å². The third-order valence-corrected chi connectivity index (χ3v) is 3.22. The van der Waals surface area contributed by atoms with Crippen molar-refractivity contribution in [1.29, 1.82) is 0 Å². The average molecular weight is 192 g/mol.